The van der Waals surface area contributed by atoms with E-state index >= 15 is 0 Å². The van der Waals surface area contributed by atoms with Crippen LogP contribution in [-0.4, -0.2) is 28.7 Å². The van der Waals surface area contributed by atoms with Crippen molar-refractivity contribution in [1.82, 2.24) is 28.7 Å². The van der Waals surface area contributed by atoms with Crippen molar-refractivity contribution in [3.05, 3.63) is 140 Å². The van der Waals surface area contributed by atoms with Gasteiger partial charge in [-0.05, 0) is 54.1 Å². The van der Waals surface area contributed by atoms with E-state index in [4.69, 9.17) is 5.73 Å². The maximum absolute atomic E-state index is 5.78. The Labute approximate surface area is 219 Å². The Hall–Kier alpha value is -5.30. The molecule has 0 atom stereocenters. The SMILES string of the molecule is Nc1cccc(-c2cnc3ccccn23)c1.c1cnc(Cc2cccc(-c3cnc4ccccn34)c2)nc1. The zero-order valence-corrected chi connectivity index (χ0v) is 20.6. The van der Waals surface area contributed by atoms with Crippen LogP contribution < -0.4 is 5.73 Å². The highest BCUT2D eigenvalue weighted by molar-refractivity contribution is 5.67. The standard InChI is InChI=1S/C18H14N4.C13H11N3/c1-2-10-22-16(13-21-18(22)7-1)15-6-3-5-14(11-15)12-17-19-8-4-9-20-17;14-11-5-3-4-10(8-11)12-9-15-13-6-1-2-7-16(12)13/h1-11,13H,12H2;1-9H,14H2. The minimum Gasteiger partial charge on any atom is -0.399 e. The van der Waals surface area contributed by atoms with Gasteiger partial charge in [-0.3, -0.25) is 8.80 Å². The van der Waals surface area contributed by atoms with E-state index in [9.17, 15) is 0 Å². The number of nitrogens with zero attached hydrogens (tertiary/aromatic N) is 6. The van der Waals surface area contributed by atoms with Crippen LogP contribution in [0.15, 0.2) is 128 Å². The van der Waals surface area contributed by atoms with Crippen molar-refractivity contribution >= 4 is 17.0 Å². The molecule has 0 saturated carbocycles. The highest BCUT2D eigenvalue weighted by atomic mass is 15.0. The van der Waals surface area contributed by atoms with Crippen molar-refractivity contribution < 1.29 is 0 Å². The number of fused-ring (bicyclic) bond motifs is 2. The predicted molar refractivity (Wildman–Crippen MR) is 151 cm³/mol. The number of imidazole rings is 2. The molecule has 0 amide bonds. The first-order valence-corrected chi connectivity index (χ1v) is 12.3. The molecule has 38 heavy (non-hydrogen) atoms. The molecule has 0 fully saturated rings. The van der Waals surface area contributed by atoms with Crippen molar-refractivity contribution in [2.24, 2.45) is 0 Å². The number of pyridine rings is 2. The molecular formula is C31H25N7. The van der Waals surface area contributed by atoms with E-state index in [2.05, 4.69) is 53.0 Å². The third-order valence-corrected chi connectivity index (χ3v) is 6.22. The van der Waals surface area contributed by atoms with E-state index in [1.807, 2.05) is 91.5 Å². The van der Waals surface area contributed by atoms with E-state index in [-0.39, 0.29) is 0 Å². The minimum absolute atomic E-state index is 0.728. The van der Waals surface area contributed by atoms with E-state index in [1.54, 1.807) is 12.4 Å². The molecule has 0 radical (unpaired) electrons. The van der Waals surface area contributed by atoms with Crippen LogP contribution in [0.1, 0.15) is 11.4 Å². The summed E-state index contributed by atoms with van der Waals surface area (Å²) in [6, 6.07) is 30.1. The number of aromatic nitrogens is 6. The van der Waals surface area contributed by atoms with Gasteiger partial charge < -0.3 is 5.73 Å². The molecule has 5 aromatic heterocycles. The molecule has 0 saturated heterocycles. The Morgan fingerprint density at radius 2 is 1.18 bits per heavy atom. The Balaban J connectivity index is 0.000000146. The second-order valence-corrected chi connectivity index (χ2v) is 8.81. The fourth-order valence-corrected chi connectivity index (χ4v) is 4.43. The van der Waals surface area contributed by atoms with Gasteiger partial charge in [0.2, 0.25) is 0 Å². The first-order chi connectivity index (χ1) is 18.7. The number of nitrogen functional groups attached to an aromatic ring is 1. The van der Waals surface area contributed by atoms with E-state index < -0.39 is 0 Å². The van der Waals surface area contributed by atoms with E-state index in [0.717, 1.165) is 51.7 Å². The van der Waals surface area contributed by atoms with Crippen LogP contribution >= 0.6 is 0 Å². The molecule has 0 aliphatic heterocycles. The van der Waals surface area contributed by atoms with Gasteiger partial charge in [0.1, 0.15) is 17.1 Å². The molecule has 0 unspecified atom stereocenters. The Kier molecular flexibility index (Phi) is 6.30. The van der Waals surface area contributed by atoms with Crippen LogP contribution in [0.2, 0.25) is 0 Å². The van der Waals surface area contributed by atoms with Gasteiger partial charge in [0.25, 0.3) is 0 Å². The zero-order valence-electron chi connectivity index (χ0n) is 20.6. The molecule has 184 valence electrons. The van der Waals surface area contributed by atoms with Crippen molar-refractivity contribution in [3.63, 3.8) is 0 Å². The number of anilines is 1. The summed E-state index contributed by atoms with van der Waals surface area (Å²) in [5, 5.41) is 0. The quantitative estimate of drug-likeness (QED) is 0.304. The van der Waals surface area contributed by atoms with Crippen LogP contribution in [0.3, 0.4) is 0 Å². The third-order valence-electron chi connectivity index (χ3n) is 6.22. The van der Waals surface area contributed by atoms with Gasteiger partial charge >= 0.3 is 0 Å². The van der Waals surface area contributed by atoms with E-state index in [0.29, 0.717) is 0 Å². The fourth-order valence-electron chi connectivity index (χ4n) is 4.43. The van der Waals surface area contributed by atoms with Gasteiger partial charge in [-0.1, -0.05) is 42.5 Å². The minimum atomic E-state index is 0.728. The van der Waals surface area contributed by atoms with Crippen molar-refractivity contribution in [2.75, 3.05) is 5.73 Å². The van der Waals surface area contributed by atoms with Gasteiger partial charge in [-0.25, -0.2) is 19.9 Å². The summed E-state index contributed by atoms with van der Waals surface area (Å²) in [6.07, 6.45) is 12.1. The van der Waals surface area contributed by atoms with Gasteiger partial charge in [0, 0.05) is 48.0 Å². The smallest absolute Gasteiger partial charge is 0.137 e. The topological polar surface area (TPSA) is 86.4 Å². The number of nitrogens with two attached hydrogens (primary N) is 1. The monoisotopic (exact) mass is 495 g/mol. The molecule has 7 nitrogen and oxygen atoms in total. The molecular weight excluding hydrogens is 470 g/mol. The summed E-state index contributed by atoms with van der Waals surface area (Å²) in [7, 11) is 0. The number of hydrogen-bond donors (Lipinski definition) is 1. The number of rotatable bonds is 4. The number of hydrogen-bond acceptors (Lipinski definition) is 5. The molecule has 5 heterocycles. The van der Waals surface area contributed by atoms with Crippen LogP contribution in [0.5, 0.6) is 0 Å². The normalized spacial score (nSPS) is 10.8. The maximum atomic E-state index is 5.78. The molecule has 7 heteroatoms. The van der Waals surface area contributed by atoms with Crippen molar-refractivity contribution in [1.29, 1.82) is 0 Å². The van der Waals surface area contributed by atoms with E-state index in [1.165, 1.54) is 5.56 Å². The predicted octanol–water partition coefficient (Wildman–Crippen LogP) is 5.97. The van der Waals surface area contributed by atoms with Gasteiger partial charge in [-0.15, -0.1) is 0 Å². The molecule has 7 rings (SSSR count). The fraction of sp³-hybridized carbons (Fsp3) is 0.0323. The molecule has 0 bridgehead atoms. The van der Waals surface area contributed by atoms with Crippen molar-refractivity contribution in [2.45, 2.75) is 6.42 Å². The Morgan fingerprint density at radius 3 is 1.82 bits per heavy atom. The lowest BCUT2D eigenvalue weighted by Gasteiger charge is -2.05. The summed E-state index contributed by atoms with van der Waals surface area (Å²) in [5.74, 6) is 0.831. The highest BCUT2D eigenvalue weighted by Gasteiger charge is 2.07. The van der Waals surface area contributed by atoms with Crippen LogP contribution in [0, 0.1) is 0 Å². The van der Waals surface area contributed by atoms with Gasteiger partial charge in [0.05, 0.1) is 23.8 Å². The van der Waals surface area contributed by atoms with Crippen LogP contribution in [-0.2, 0) is 6.42 Å². The molecule has 7 aromatic rings. The first-order valence-electron chi connectivity index (χ1n) is 12.3. The number of benzene rings is 2. The Bertz CT molecular complexity index is 1820. The van der Waals surface area contributed by atoms with Gasteiger partial charge in [-0.2, -0.15) is 0 Å². The molecule has 2 aromatic carbocycles. The summed E-state index contributed by atoms with van der Waals surface area (Å²) in [4.78, 5) is 17.4. The summed E-state index contributed by atoms with van der Waals surface area (Å²) >= 11 is 0. The molecule has 0 aliphatic carbocycles. The van der Waals surface area contributed by atoms with Crippen LogP contribution in [0.4, 0.5) is 5.69 Å². The third kappa shape index (κ3) is 4.85. The molecule has 0 aliphatic rings. The second-order valence-electron chi connectivity index (χ2n) is 8.81. The summed E-state index contributed by atoms with van der Waals surface area (Å²) in [6.45, 7) is 0. The lowest BCUT2D eigenvalue weighted by molar-refractivity contribution is 0.968. The second kappa shape index (κ2) is 10.4. The lowest BCUT2D eigenvalue weighted by Crippen LogP contribution is -1.95. The maximum Gasteiger partial charge on any atom is 0.137 e. The average Bonchev–Trinajstić information content (AvgIpc) is 3.59. The summed E-state index contributed by atoms with van der Waals surface area (Å²) in [5.41, 5.74) is 14.0. The zero-order chi connectivity index (χ0) is 25.7. The highest BCUT2D eigenvalue weighted by Crippen LogP contribution is 2.23. The Morgan fingerprint density at radius 1 is 0.579 bits per heavy atom. The average molecular weight is 496 g/mol. The summed E-state index contributed by atoms with van der Waals surface area (Å²) < 4.78 is 4.15. The first kappa shape index (κ1) is 23.1. The molecule has 0 spiro atoms. The molecule has 2 N–H and O–H groups in total. The van der Waals surface area contributed by atoms with Gasteiger partial charge in [0.15, 0.2) is 0 Å². The van der Waals surface area contributed by atoms with Crippen LogP contribution in [0.25, 0.3) is 33.8 Å². The lowest BCUT2D eigenvalue weighted by atomic mass is 10.1. The van der Waals surface area contributed by atoms with Crippen molar-refractivity contribution in [3.8, 4) is 22.5 Å². The largest absolute Gasteiger partial charge is 0.399 e.